The fraction of sp³-hybridized carbons (Fsp3) is 0.0870. The Bertz CT molecular complexity index is 1340. The van der Waals surface area contributed by atoms with Crippen molar-refractivity contribution in [1.82, 2.24) is 19.7 Å². The summed E-state index contributed by atoms with van der Waals surface area (Å²) >= 11 is 6.32. The molecule has 1 N–H and O–H groups in total. The number of nitrogens with zero attached hydrogens (tertiary/aromatic N) is 4. The maximum Gasteiger partial charge on any atom is 0.226 e. The van der Waals surface area contributed by atoms with Crippen LogP contribution in [0.3, 0.4) is 0 Å². The maximum absolute atomic E-state index is 14.2. The highest BCUT2D eigenvalue weighted by atomic mass is 35.5. The minimum absolute atomic E-state index is 0.326. The molecule has 6 rings (SSSR count). The lowest BCUT2D eigenvalue weighted by atomic mass is 9.85. The molecule has 0 spiro atoms. The highest BCUT2D eigenvalue weighted by Gasteiger charge is 2.41. The Morgan fingerprint density at radius 3 is 2.81 bits per heavy atom. The smallest absolute Gasteiger partial charge is 0.226 e. The van der Waals surface area contributed by atoms with Crippen LogP contribution in [0.4, 0.5) is 10.3 Å². The molecule has 4 aromatic rings. The third kappa shape index (κ3) is 2.89. The summed E-state index contributed by atoms with van der Waals surface area (Å²) < 4.78 is 22.4. The van der Waals surface area contributed by atoms with Gasteiger partial charge < -0.3 is 10.1 Å². The fourth-order valence-electron chi connectivity index (χ4n) is 4.24. The molecular formula is C23H15ClFN5O. The molecule has 152 valence electrons. The van der Waals surface area contributed by atoms with Crippen LogP contribution in [0.2, 0.25) is 5.02 Å². The Labute approximate surface area is 182 Å². The van der Waals surface area contributed by atoms with Gasteiger partial charge in [0.2, 0.25) is 5.95 Å². The summed E-state index contributed by atoms with van der Waals surface area (Å²) in [5.74, 6) is 0.925. The number of rotatable bonds is 2. The number of pyridine rings is 1. The van der Waals surface area contributed by atoms with Crippen LogP contribution >= 0.6 is 11.6 Å². The van der Waals surface area contributed by atoms with Crippen LogP contribution in [0.15, 0.2) is 78.9 Å². The maximum atomic E-state index is 14.2. The summed E-state index contributed by atoms with van der Waals surface area (Å²) in [5, 5.41) is 8.43. The van der Waals surface area contributed by atoms with Gasteiger partial charge in [0.15, 0.2) is 0 Å². The molecule has 0 fully saturated rings. The van der Waals surface area contributed by atoms with Gasteiger partial charge in [-0.2, -0.15) is 10.1 Å². The summed E-state index contributed by atoms with van der Waals surface area (Å²) in [7, 11) is 0. The van der Waals surface area contributed by atoms with Crippen LogP contribution < -0.4 is 10.1 Å². The summed E-state index contributed by atoms with van der Waals surface area (Å²) in [6.45, 7) is 0. The predicted molar refractivity (Wildman–Crippen MR) is 114 cm³/mol. The Hall–Kier alpha value is -3.71. The van der Waals surface area contributed by atoms with E-state index in [1.165, 1.54) is 18.5 Å². The zero-order valence-corrected chi connectivity index (χ0v) is 16.8. The van der Waals surface area contributed by atoms with E-state index in [-0.39, 0.29) is 11.9 Å². The van der Waals surface area contributed by atoms with Crippen molar-refractivity contribution >= 4 is 23.2 Å². The molecule has 8 heteroatoms. The minimum atomic E-state index is -0.547. The first-order chi connectivity index (χ1) is 15.2. The van der Waals surface area contributed by atoms with Crippen LogP contribution in [0.1, 0.15) is 28.8 Å². The van der Waals surface area contributed by atoms with Crippen molar-refractivity contribution in [2.45, 2.75) is 12.1 Å². The zero-order chi connectivity index (χ0) is 20.9. The lowest BCUT2D eigenvalue weighted by Crippen LogP contribution is -2.32. The second-order valence-corrected chi connectivity index (χ2v) is 7.80. The van der Waals surface area contributed by atoms with Gasteiger partial charge in [0.1, 0.15) is 30.0 Å². The Morgan fingerprint density at radius 2 is 1.97 bits per heavy atom. The molecule has 0 amide bonds. The number of halogens is 2. The molecule has 0 saturated heterocycles. The van der Waals surface area contributed by atoms with Gasteiger partial charge in [0.05, 0.1) is 5.70 Å². The third-order valence-corrected chi connectivity index (χ3v) is 5.76. The first kappa shape index (κ1) is 18.1. The molecule has 6 nitrogen and oxygen atoms in total. The first-order valence-electron chi connectivity index (χ1n) is 9.71. The SMILES string of the molecule is Fc1cccc([C@@H]2Oc3ccc(Cl)cc3C3=C2[C@@H](c2cccnc2)n2ncnc2N3)c1. The van der Waals surface area contributed by atoms with Crippen molar-refractivity contribution in [3.63, 3.8) is 0 Å². The van der Waals surface area contributed by atoms with Gasteiger partial charge in [-0.1, -0.05) is 29.8 Å². The zero-order valence-electron chi connectivity index (χ0n) is 16.0. The van der Waals surface area contributed by atoms with Crippen molar-refractivity contribution in [3.05, 3.63) is 106 Å². The lowest BCUT2D eigenvalue weighted by molar-refractivity contribution is 0.222. The van der Waals surface area contributed by atoms with E-state index in [9.17, 15) is 4.39 Å². The average Bonchev–Trinajstić information content (AvgIpc) is 3.26. The monoisotopic (exact) mass is 431 g/mol. The van der Waals surface area contributed by atoms with E-state index in [0.717, 1.165) is 22.4 Å². The Kier molecular flexibility index (Phi) is 4.04. The van der Waals surface area contributed by atoms with E-state index >= 15 is 0 Å². The van der Waals surface area contributed by atoms with Gasteiger partial charge in [-0.15, -0.1) is 0 Å². The second kappa shape index (κ2) is 6.92. The molecule has 0 saturated carbocycles. The Balaban J connectivity index is 1.65. The number of benzene rings is 2. The molecule has 2 aromatic heterocycles. The molecule has 2 aromatic carbocycles. The van der Waals surface area contributed by atoms with Gasteiger partial charge in [-0.25, -0.2) is 9.07 Å². The summed E-state index contributed by atoms with van der Waals surface area (Å²) in [5.41, 5.74) is 4.14. The molecule has 4 heterocycles. The van der Waals surface area contributed by atoms with E-state index in [0.29, 0.717) is 22.3 Å². The second-order valence-electron chi connectivity index (χ2n) is 7.37. The van der Waals surface area contributed by atoms with E-state index in [1.54, 1.807) is 29.2 Å². The predicted octanol–water partition coefficient (Wildman–Crippen LogP) is 5.03. The summed E-state index contributed by atoms with van der Waals surface area (Å²) in [4.78, 5) is 8.68. The lowest BCUT2D eigenvalue weighted by Gasteiger charge is -2.38. The van der Waals surface area contributed by atoms with Crippen LogP contribution in [-0.2, 0) is 0 Å². The normalized spacial score (nSPS) is 19.0. The topological polar surface area (TPSA) is 64.9 Å². The number of ether oxygens (including phenoxy) is 1. The van der Waals surface area contributed by atoms with Gasteiger partial charge in [-0.3, -0.25) is 4.98 Å². The highest BCUT2D eigenvalue weighted by Crippen LogP contribution is 2.50. The van der Waals surface area contributed by atoms with Crippen molar-refractivity contribution in [2.75, 3.05) is 5.32 Å². The van der Waals surface area contributed by atoms with E-state index in [1.807, 2.05) is 30.3 Å². The molecule has 0 unspecified atom stereocenters. The van der Waals surface area contributed by atoms with Gasteiger partial charge >= 0.3 is 0 Å². The van der Waals surface area contributed by atoms with Gasteiger partial charge in [-0.05, 0) is 47.5 Å². The minimum Gasteiger partial charge on any atom is -0.480 e. The first-order valence-corrected chi connectivity index (χ1v) is 10.1. The number of hydrogen-bond donors (Lipinski definition) is 1. The van der Waals surface area contributed by atoms with Crippen LogP contribution in [-0.4, -0.2) is 19.7 Å². The van der Waals surface area contributed by atoms with Crippen LogP contribution in [0, 0.1) is 5.82 Å². The van der Waals surface area contributed by atoms with E-state index < -0.39 is 6.10 Å². The van der Waals surface area contributed by atoms with E-state index in [4.69, 9.17) is 16.3 Å². The highest BCUT2D eigenvalue weighted by molar-refractivity contribution is 6.30. The Morgan fingerprint density at radius 1 is 1.06 bits per heavy atom. The van der Waals surface area contributed by atoms with Crippen molar-refractivity contribution < 1.29 is 9.13 Å². The number of anilines is 1. The summed E-state index contributed by atoms with van der Waals surface area (Å²) in [6.07, 6.45) is 4.47. The number of fused-ring (bicyclic) bond motifs is 3. The average molecular weight is 432 g/mol. The van der Waals surface area contributed by atoms with E-state index in [2.05, 4.69) is 20.4 Å². The van der Waals surface area contributed by atoms with Crippen molar-refractivity contribution in [2.24, 2.45) is 0 Å². The van der Waals surface area contributed by atoms with Crippen LogP contribution in [0.5, 0.6) is 5.75 Å². The fourth-order valence-corrected chi connectivity index (χ4v) is 4.42. The largest absolute Gasteiger partial charge is 0.480 e. The number of aromatic nitrogens is 4. The molecule has 2 atom stereocenters. The van der Waals surface area contributed by atoms with Crippen LogP contribution in [0.25, 0.3) is 5.70 Å². The van der Waals surface area contributed by atoms with Crippen molar-refractivity contribution in [1.29, 1.82) is 0 Å². The van der Waals surface area contributed by atoms with Crippen molar-refractivity contribution in [3.8, 4) is 5.75 Å². The summed E-state index contributed by atoms with van der Waals surface area (Å²) in [6, 6.07) is 15.4. The molecule has 31 heavy (non-hydrogen) atoms. The molecule has 0 bridgehead atoms. The number of hydrogen-bond acceptors (Lipinski definition) is 5. The number of nitrogens with one attached hydrogen (secondary N) is 1. The molecule has 0 radical (unpaired) electrons. The van der Waals surface area contributed by atoms with Gasteiger partial charge in [0.25, 0.3) is 0 Å². The quantitative estimate of drug-likeness (QED) is 0.482. The molecule has 0 aliphatic carbocycles. The molecular weight excluding hydrogens is 417 g/mol. The standard InChI is InChI=1S/C23H15ClFN5O/c24-15-6-7-18-17(10-15)20-19(22(31-18)13-3-1-5-16(25)9-13)21(14-4-2-8-26-11-14)30-23(29-20)27-12-28-30/h1-12,21-22H,(H,27,28,29)/t21-,22+/m1/s1. The molecule has 2 aliphatic heterocycles. The molecule has 2 aliphatic rings. The third-order valence-electron chi connectivity index (χ3n) is 5.53. The van der Waals surface area contributed by atoms with Gasteiger partial charge in [0, 0.05) is 28.6 Å².